The fourth-order valence-electron chi connectivity index (χ4n) is 9.50. The van der Waals surface area contributed by atoms with Gasteiger partial charge in [0, 0.05) is 26.2 Å². The zero-order valence-electron chi connectivity index (χ0n) is 32.6. The number of hydrogen-bond donors (Lipinski definition) is 11. The lowest BCUT2D eigenvalue weighted by molar-refractivity contribution is -0.347. The molecule has 21 atom stereocenters. The SMILES string of the molecule is COC1CC(C=CC(=O)O[C@H]2[C@H](O)[C@@H](O)[C@H](OC3CC4C(O)CC(O)CC4OC3C3CCC(O)C(O)C3)O[C@@H]2CO[C@@H]2O[C@H](CO)[C@@H](O)[C@H](O)[C@H]2O)CC(OC)C1O. The molecular formula is C38H62O20. The van der Waals surface area contributed by atoms with Crippen molar-refractivity contribution in [3.63, 3.8) is 0 Å². The average molecular weight is 839 g/mol. The molecule has 0 spiro atoms. The third-order valence-electron chi connectivity index (χ3n) is 12.9. The first-order valence-corrected chi connectivity index (χ1v) is 20.2. The summed E-state index contributed by atoms with van der Waals surface area (Å²) in [5.74, 6) is -2.03. The van der Waals surface area contributed by atoms with Crippen LogP contribution in [0.25, 0.3) is 0 Å². The maximum absolute atomic E-state index is 13.3. The van der Waals surface area contributed by atoms with Crippen LogP contribution in [-0.2, 0) is 42.7 Å². The molecule has 0 aromatic heterocycles. The van der Waals surface area contributed by atoms with Gasteiger partial charge in [-0.25, -0.2) is 4.79 Å². The third-order valence-corrected chi connectivity index (χ3v) is 12.9. The number of methoxy groups -OCH3 is 2. The highest BCUT2D eigenvalue weighted by Gasteiger charge is 2.54. The Balaban J connectivity index is 1.21. The lowest BCUT2D eigenvalue weighted by Crippen LogP contribution is -2.64. The Morgan fingerprint density at radius 3 is 1.98 bits per heavy atom. The molecule has 0 radical (unpaired) electrons. The number of allylic oxidation sites excluding steroid dienone is 1. The van der Waals surface area contributed by atoms with E-state index in [9.17, 15) is 61.0 Å². The van der Waals surface area contributed by atoms with Crippen molar-refractivity contribution in [2.24, 2.45) is 17.8 Å². The quantitative estimate of drug-likeness (QED) is 0.0655. The van der Waals surface area contributed by atoms with Gasteiger partial charge in [0.25, 0.3) is 0 Å². The number of carbonyl (C=O) groups is 1. The Morgan fingerprint density at radius 1 is 0.655 bits per heavy atom. The normalized spacial score (nSPS) is 50.3. The Morgan fingerprint density at radius 2 is 1.33 bits per heavy atom. The van der Waals surface area contributed by atoms with Crippen LogP contribution in [-0.4, -0.2) is 212 Å². The van der Waals surface area contributed by atoms with Crippen molar-refractivity contribution in [3.05, 3.63) is 12.2 Å². The van der Waals surface area contributed by atoms with Crippen molar-refractivity contribution >= 4 is 5.97 Å². The Hall–Kier alpha value is -1.51. The first-order chi connectivity index (χ1) is 27.6. The third kappa shape index (κ3) is 10.2. The second-order valence-electron chi connectivity index (χ2n) is 16.7. The molecule has 0 amide bonds. The number of aliphatic hydroxyl groups is 11. The van der Waals surface area contributed by atoms with E-state index in [0.717, 1.165) is 6.08 Å². The summed E-state index contributed by atoms with van der Waals surface area (Å²) in [5.41, 5.74) is 0. The van der Waals surface area contributed by atoms with E-state index >= 15 is 0 Å². The second-order valence-corrected chi connectivity index (χ2v) is 16.7. The van der Waals surface area contributed by atoms with Crippen molar-refractivity contribution in [2.75, 3.05) is 27.4 Å². The standard InChI is InChI=1S/C38H62O20/c1-51-23-7-15(8-24(52-2)29(23)45)3-6-28(44)58-36-27(14-53-37-33(49)31(47)30(46)26(13-39)56-37)57-38(34(50)32(36)48)55-25-12-18-20(42)10-17(40)11-22(18)54-35(25)16-4-5-19(41)21(43)9-16/h3,6,15-27,29-43,45-50H,4-5,7-14H2,1-2H3/t15?,16?,17?,18?,19?,20?,21?,22?,23?,24?,25?,26-,27-,29?,30-,31+,32-,33-,34-,35?,36-,37-,38-/m1/s1. The molecule has 6 fully saturated rings. The summed E-state index contributed by atoms with van der Waals surface area (Å²) < 4.78 is 46.7. The van der Waals surface area contributed by atoms with E-state index < -0.39 is 148 Å². The molecule has 3 aliphatic carbocycles. The van der Waals surface area contributed by atoms with Crippen molar-refractivity contribution in [3.8, 4) is 0 Å². The van der Waals surface area contributed by atoms with E-state index in [2.05, 4.69) is 0 Å². The van der Waals surface area contributed by atoms with Gasteiger partial charge in [0.1, 0.15) is 48.8 Å². The Labute approximate surface area is 335 Å². The average Bonchev–Trinajstić information content (AvgIpc) is 3.20. The van der Waals surface area contributed by atoms with Crippen molar-refractivity contribution in [1.29, 1.82) is 0 Å². The Bertz CT molecular complexity index is 1330. The molecule has 0 aromatic rings. The molecule has 3 heterocycles. The molecule has 3 aliphatic heterocycles. The summed E-state index contributed by atoms with van der Waals surface area (Å²) in [6.45, 7) is -1.34. The predicted molar refractivity (Wildman–Crippen MR) is 192 cm³/mol. The van der Waals surface area contributed by atoms with Crippen LogP contribution in [0.2, 0.25) is 0 Å². The summed E-state index contributed by atoms with van der Waals surface area (Å²) in [6.07, 6.45) is -19.6. The minimum absolute atomic E-state index is 0.110. The highest BCUT2D eigenvalue weighted by Crippen LogP contribution is 2.43. The fraction of sp³-hybridized carbons (Fsp3) is 0.921. The number of fused-ring (bicyclic) bond motifs is 1. The van der Waals surface area contributed by atoms with E-state index in [1.165, 1.54) is 14.2 Å². The van der Waals surface area contributed by atoms with Gasteiger partial charge in [-0.15, -0.1) is 0 Å². The molecule has 6 rings (SSSR count). The van der Waals surface area contributed by atoms with E-state index in [4.69, 9.17) is 37.9 Å². The monoisotopic (exact) mass is 838 g/mol. The van der Waals surface area contributed by atoms with Crippen LogP contribution in [0.5, 0.6) is 0 Å². The van der Waals surface area contributed by atoms with Crippen LogP contribution < -0.4 is 0 Å². The summed E-state index contributed by atoms with van der Waals surface area (Å²) in [5, 5.41) is 116. The minimum Gasteiger partial charge on any atom is -0.453 e. The predicted octanol–water partition coefficient (Wildman–Crippen LogP) is -4.29. The minimum atomic E-state index is -1.86. The molecule has 20 nitrogen and oxygen atoms in total. The summed E-state index contributed by atoms with van der Waals surface area (Å²) in [7, 11) is 2.91. The smallest absolute Gasteiger partial charge is 0.330 e. The maximum Gasteiger partial charge on any atom is 0.330 e. The summed E-state index contributed by atoms with van der Waals surface area (Å²) >= 11 is 0. The number of carbonyl (C=O) groups excluding carboxylic acids is 1. The van der Waals surface area contributed by atoms with Crippen LogP contribution >= 0.6 is 0 Å². The van der Waals surface area contributed by atoms with Gasteiger partial charge in [-0.05, 0) is 63.2 Å². The molecule has 6 aliphatic rings. The molecule has 11 N–H and O–H groups in total. The molecule has 0 aromatic carbocycles. The highest BCUT2D eigenvalue weighted by atomic mass is 16.7. The molecule has 334 valence electrons. The maximum atomic E-state index is 13.3. The van der Waals surface area contributed by atoms with Crippen LogP contribution in [0, 0.1) is 17.8 Å². The second kappa shape index (κ2) is 20.1. The zero-order chi connectivity index (χ0) is 42.0. The molecule has 0 bridgehead atoms. The highest BCUT2D eigenvalue weighted by molar-refractivity contribution is 5.82. The van der Waals surface area contributed by atoms with E-state index in [1.807, 2.05) is 0 Å². The number of rotatable bonds is 12. The largest absolute Gasteiger partial charge is 0.453 e. The number of ether oxygens (including phenoxy) is 8. The first kappa shape index (κ1) is 46.0. The number of hydrogen-bond acceptors (Lipinski definition) is 20. The van der Waals surface area contributed by atoms with Crippen molar-refractivity contribution in [1.82, 2.24) is 0 Å². The molecule has 58 heavy (non-hydrogen) atoms. The Kier molecular flexibility index (Phi) is 16.0. The molecule has 3 saturated heterocycles. The van der Waals surface area contributed by atoms with Gasteiger partial charge in [-0.3, -0.25) is 0 Å². The van der Waals surface area contributed by atoms with Gasteiger partial charge in [-0.1, -0.05) is 6.08 Å². The summed E-state index contributed by atoms with van der Waals surface area (Å²) in [6, 6.07) is 0. The van der Waals surface area contributed by atoms with Crippen LogP contribution in [0.4, 0.5) is 0 Å². The molecular weight excluding hydrogens is 776 g/mol. The molecule has 20 heteroatoms. The van der Waals surface area contributed by atoms with Gasteiger partial charge in [-0.2, -0.15) is 0 Å². The number of esters is 1. The van der Waals surface area contributed by atoms with Gasteiger partial charge in [0.2, 0.25) is 0 Å². The van der Waals surface area contributed by atoms with Crippen LogP contribution in [0.3, 0.4) is 0 Å². The van der Waals surface area contributed by atoms with Gasteiger partial charge in [0.15, 0.2) is 18.7 Å². The van der Waals surface area contributed by atoms with Gasteiger partial charge in [0.05, 0.1) is 68.1 Å². The number of aliphatic hydroxyl groups excluding tert-OH is 11. The first-order valence-electron chi connectivity index (χ1n) is 20.2. The van der Waals surface area contributed by atoms with Crippen LogP contribution in [0.15, 0.2) is 12.2 Å². The molecule has 3 saturated carbocycles. The van der Waals surface area contributed by atoms with Gasteiger partial charge >= 0.3 is 5.97 Å². The topological polar surface area (TPSA) is 313 Å². The zero-order valence-corrected chi connectivity index (χ0v) is 32.6. The summed E-state index contributed by atoms with van der Waals surface area (Å²) in [4.78, 5) is 13.3. The lowest BCUT2D eigenvalue weighted by atomic mass is 9.72. The van der Waals surface area contributed by atoms with E-state index in [0.29, 0.717) is 19.3 Å². The lowest BCUT2D eigenvalue weighted by Gasteiger charge is -2.51. The van der Waals surface area contributed by atoms with Gasteiger partial charge < -0.3 is 94.1 Å². The fourth-order valence-corrected chi connectivity index (χ4v) is 9.50. The van der Waals surface area contributed by atoms with Crippen molar-refractivity contribution < 1.29 is 98.9 Å². The van der Waals surface area contributed by atoms with Crippen molar-refractivity contribution in [2.45, 2.75) is 174 Å². The van der Waals surface area contributed by atoms with E-state index in [-0.39, 0.29) is 43.9 Å². The molecule has 11 unspecified atom stereocenters. The van der Waals surface area contributed by atoms with Crippen LogP contribution in [0.1, 0.15) is 51.4 Å². The van der Waals surface area contributed by atoms with E-state index in [1.54, 1.807) is 6.08 Å².